The lowest BCUT2D eigenvalue weighted by Crippen LogP contribution is -2.41. The summed E-state index contributed by atoms with van der Waals surface area (Å²) in [5, 5.41) is 30.6. The third-order valence-electron chi connectivity index (χ3n) is 6.55. The van der Waals surface area contributed by atoms with Crippen LogP contribution in [0.2, 0.25) is 0 Å². The number of likely N-dealkylation sites (tertiary alicyclic amines) is 1. The van der Waals surface area contributed by atoms with Crippen LogP contribution in [-0.4, -0.2) is 45.5 Å². The van der Waals surface area contributed by atoms with Crippen LogP contribution in [0, 0.1) is 16.7 Å². The number of β-amino-alcohol motifs (C(OH)–C–C–N with tert-alkyl or cyclic N) is 1. The largest absolute Gasteiger partial charge is 0.392 e. The van der Waals surface area contributed by atoms with E-state index in [0.717, 1.165) is 17.7 Å². The Morgan fingerprint density at radius 2 is 1.77 bits per heavy atom. The first-order chi connectivity index (χ1) is 12.1. The van der Waals surface area contributed by atoms with Gasteiger partial charge in [0.05, 0.1) is 18.8 Å². The lowest BCUT2D eigenvalue weighted by molar-refractivity contribution is -0.00220. The Morgan fingerprint density at radius 1 is 1.12 bits per heavy atom. The molecule has 1 aliphatic heterocycles. The van der Waals surface area contributed by atoms with Crippen LogP contribution in [0.25, 0.3) is 0 Å². The van der Waals surface area contributed by atoms with Crippen molar-refractivity contribution in [1.29, 1.82) is 0 Å². The monoisotopic (exact) mass is 361 g/mol. The minimum Gasteiger partial charge on any atom is -0.392 e. The third kappa shape index (κ3) is 4.14. The molecule has 146 valence electrons. The summed E-state index contributed by atoms with van der Waals surface area (Å²) >= 11 is 0. The number of nitrogens with zero attached hydrogens (tertiary/aromatic N) is 1. The zero-order valence-electron chi connectivity index (χ0n) is 16.7. The van der Waals surface area contributed by atoms with Crippen molar-refractivity contribution in [3.8, 4) is 0 Å². The molecule has 5 unspecified atom stereocenters. The van der Waals surface area contributed by atoms with Gasteiger partial charge in [0, 0.05) is 25.0 Å². The maximum atomic E-state index is 10.8. The lowest BCUT2D eigenvalue weighted by Gasteiger charge is -2.40. The molecule has 0 amide bonds. The molecular formula is C22H35NO3. The molecule has 4 nitrogen and oxygen atoms in total. The van der Waals surface area contributed by atoms with E-state index in [9.17, 15) is 10.2 Å². The molecule has 1 saturated carbocycles. The first-order valence-electron chi connectivity index (χ1n) is 9.92. The average molecular weight is 362 g/mol. The molecule has 1 saturated heterocycles. The number of hydrogen-bond donors (Lipinski definition) is 3. The Kier molecular flexibility index (Phi) is 5.51. The van der Waals surface area contributed by atoms with E-state index < -0.39 is 12.2 Å². The summed E-state index contributed by atoms with van der Waals surface area (Å²) in [4.78, 5) is 2.46. The Labute approximate surface area is 157 Å². The number of hydrogen-bond acceptors (Lipinski definition) is 4. The number of fused-ring (bicyclic) bond motifs is 2. The Balaban J connectivity index is 1.63. The standard InChI is InChI=1S/C22H35NO3/c1-15(20(26)17-7-5-16(12-24)6-8-17)19(25)11-23-14-22(4)10-18(23)9-21(2,3)13-22/h5-8,15,18-20,24-26H,9-14H2,1-4H3. The highest BCUT2D eigenvalue weighted by Crippen LogP contribution is 2.52. The van der Waals surface area contributed by atoms with Gasteiger partial charge in [-0.3, -0.25) is 4.90 Å². The van der Waals surface area contributed by atoms with E-state index in [4.69, 9.17) is 5.11 Å². The smallest absolute Gasteiger partial charge is 0.0840 e. The van der Waals surface area contributed by atoms with E-state index in [0.29, 0.717) is 23.4 Å². The van der Waals surface area contributed by atoms with Crippen LogP contribution in [0.4, 0.5) is 0 Å². The average Bonchev–Trinajstić information content (AvgIpc) is 2.81. The molecule has 1 aromatic carbocycles. The highest BCUT2D eigenvalue weighted by molar-refractivity contribution is 5.24. The second kappa shape index (κ2) is 7.23. The highest BCUT2D eigenvalue weighted by atomic mass is 16.3. The van der Waals surface area contributed by atoms with E-state index in [1.165, 1.54) is 19.3 Å². The van der Waals surface area contributed by atoms with Crippen molar-refractivity contribution in [3.05, 3.63) is 35.4 Å². The van der Waals surface area contributed by atoms with Crippen molar-refractivity contribution in [2.24, 2.45) is 16.7 Å². The van der Waals surface area contributed by atoms with Gasteiger partial charge in [0.25, 0.3) is 0 Å². The topological polar surface area (TPSA) is 63.9 Å². The number of aliphatic hydroxyl groups excluding tert-OH is 3. The van der Waals surface area contributed by atoms with Gasteiger partial charge < -0.3 is 15.3 Å². The van der Waals surface area contributed by atoms with Crippen LogP contribution in [0.3, 0.4) is 0 Å². The number of rotatable bonds is 6. The van der Waals surface area contributed by atoms with Crippen LogP contribution in [0.5, 0.6) is 0 Å². The molecule has 0 aromatic heterocycles. The Hall–Kier alpha value is -0.940. The maximum Gasteiger partial charge on any atom is 0.0840 e. The highest BCUT2D eigenvalue weighted by Gasteiger charge is 2.49. The summed E-state index contributed by atoms with van der Waals surface area (Å²) in [6.07, 6.45) is 2.40. The predicted molar refractivity (Wildman–Crippen MR) is 104 cm³/mol. The van der Waals surface area contributed by atoms with Crippen LogP contribution in [-0.2, 0) is 6.61 Å². The summed E-state index contributed by atoms with van der Waals surface area (Å²) in [6.45, 7) is 10.7. The first kappa shape index (κ1) is 19.8. The molecule has 0 spiro atoms. The minimum atomic E-state index is -0.702. The molecule has 2 bridgehead atoms. The van der Waals surface area contributed by atoms with Crippen molar-refractivity contribution >= 4 is 0 Å². The van der Waals surface area contributed by atoms with E-state index in [2.05, 4.69) is 25.7 Å². The van der Waals surface area contributed by atoms with Gasteiger partial charge in [0.15, 0.2) is 0 Å². The zero-order chi connectivity index (χ0) is 19.1. The van der Waals surface area contributed by atoms with Gasteiger partial charge >= 0.3 is 0 Å². The normalized spacial score (nSPS) is 31.6. The molecule has 1 aliphatic carbocycles. The van der Waals surface area contributed by atoms with E-state index in [-0.39, 0.29) is 12.5 Å². The third-order valence-corrected chi connectivity index (χ3v) is 6.55. The van der Waals surface area contributed by atoms with Gasteiger partial charge in [-0.2, -0.15) is 0 Å². The van der Waals surface area contributed by atoms with Gasteiger partial charge in [-0.1, -0.05) is 52.0 Å². The summed E-state index contributed by atoms with van der Waals surface area (Å²) < 4.78 is 0. The SMILES string of the molecule is CC(C(O)CN1CC2(C)CC1CC(C)(C)C2)C(O)c1ccc(CO)cc1. The molecule has 3 rings (SSSR count). The van der Waals surface area contributed by atoms with Crippen molar-refractivity contribution in [3.63, 3.8) is 0 Å². The summed E-state index contributed by atoms with van der Waals surface area (Å²) in [5.41, 5.74) is 2.35. The van der Waals surface area contributed by atoms with E-state index in [1.54, 1.807) is 0 Å². The van der Waals surface area contributed by atoms with Gasteiger partial charge in [-0.25, -0.2) is 0 Å². The quantitative estimate of drug-likeness (QED) is 0.728. The second-order valence-electron chi connectivity index (χ2n) is 9.91. The van der Waals surface area contributed by atoms with Crippen molar-refractivity contribution in [2.45, 2.75) is 71.8 Å². The van der Waals surface area contributed by atoms with Gasteiger partial charge in [0.2, 0.25) is 0 Å². The Bertz CT molecular complexity index is 614. The molecule has 1 aromatic rings. The van der Waals surface area contributed by atoms with Crippen molar-refractivity contribution in [2.75, 3.05) is 13.1 Å². The van der Waals surface area contributed by atoms with E-state index >= 15 is 0 Å². The summed E-state index contributed by atoms with van der Waals surface area (Å²) in [6, 6.07) is 7.87. The lowest BCUT2D eigenvalue weighted by atomic mass is 9.65. The fourth-order valence-corrected chi connectivity index (χ4v) is 5.53. The molecule has 2 fully saturated rings. The summed E-state index contributed by atoms with van der Waals surface area (Å²) in [5.74, 6) is -0.240. The molecule has 26 heavy (non-hydrogen) atoms. The summed E-state index contributed by atoms with van der Waals surface area (Å²) in [7, 11) is 0. The zero-order valence-corrected chi connectivity index (χ0v) is 16.7. The van der Waals surface area contributed by atoms with Crippen LogP contribution in [0.1, 0.15) is 64.2 Å². The molecule has 3 N–H and O–H groups in total. The van der Waals surface area contributed by atoms with Crippen molar-refractivity contribution < 1.29 is 15.3 Å². The first-order valence-corrected chi connectivity index (χ1v) is 9.92. The molecule has 5 atom stereocenters. The fourth-order valence-electron chi connectivity index (χ4n) is 5.53. The van der Waals surface area contributed by atoms with Crippen LogP contribution >= 0.6 is 0 Å². The van der Waals surface area contributed by atoms with Gasteiger partial charge in [-0.15, -0.1) is 0 Å². The van der Waals surface area contributed by atoms with Crippen LogP contribution in [0.15, 0.2) is 24.3 Å². The maximum absolute atomic E-state index is 10.8. The molecule has 2 aliphatic rings. The molecule has 4 heteroatoms. The van der Waals surface area contributed by atoms with Crippen LogP contribution < -0.4 is 0 Å². The second-order valence-corrected chi connectivity index (χ2v) is 9.91. The molecular weight excluding hydrogens is 326 g/mol. The number of benzene rings is 1. The molecule has 0 radical (unpaired) electrons. The van der Waals surface area contributed by atoms with E-state index in [1.807, 2.05) is 31.2 Å². The number of aliphatic hydroxyl groups is 3. The predicted octanol–water partition coefficient (Wildman–Crippen LogP) is 3.11. The minimum absolute atomic E-state index is 0.0000181. The van der Waals surface area contributed by atoms with Gasteiger partial charge in [0.1, 0.15) is 0 Å². The van der Waals surface area contributed by atoms with Crippen molar-refractivity contribution in [1.82, 2.24) is 4.90 Å². The fraction of sp³-hybridized carbons (Fsp3) is 0.727. The van der Waals surface area contributed by atoms with Gasteiger partial charge in [-0.05, 0) is 41.2 Å². The Morgan fingerprint density at radius 3 is 2.38 bits per heavy atom. The molecule has 1 heterocycles.